The van der Waals surface area contributed by atoms with Crippen molar-refractivity contribution in [2.24, 2.45) is 11.3 Å². The quantitative estimate of drug-likeness (QED) is 0.865. The molecule has 0 aromatic heterocycles. The lowest BCUT2D eigenvalue weighted by molar-refractivity contribution is -0.274. The summed E-state index contributed by atoms with van der Waals surface area (Å²) in [5, 5.41) is 3.14. The van der Waals surface area contributed by atoms with Gasteiger partial charge in [0, 0.05) is 31.2 Å². The lowest BCUT2D eigenvalue weighted by Gasteiger charge is -2.39. The van der Waals surface area contributed by atoms with Gasteiger partial charge in [0.25, 0.3) is 0 Å². The van der Waals surface area contributed by atoms with Crippen molar-refractivity contribution in [2.75, 3.05) is 26.4 Å². The van der Waals surface area contributed by atoms with Crippen molar-refractivity contribution in [3.05, 3.63) is 29.8 Å². The number of hydrogen-bond acceptors (Lipinski definition) is 4. The third kappa shape index (κ3) is 3.78. The molecule has 1 saturated carbocycles. The number of benzene rings is 1. The summed E-state index contributed by atoms with van der Waals surface area (Å²) in [4.78, 5) is 12.9. The van der Waals surface area contributed by atoms with Crippen molar-refractivity contribution < 1.29 is 32.2 Å². The smallest absolute Gasteiger partial charge is 0.406 e. The Balaban J connectivity index is 1.55. The Morgan fingerprint density at radius 3 is 2.56 bits per heavy atom. The first-order chi connectivity index (χ1) is 12.8. The number of amides is 1. The van der Waals surface area contributed by atoms with Gasteiger partial charge < -0.3 is 19.5 Å². The van der Waals surface area contributed by atoms with Gasteiger partial charge in [0.2, 0.25) is 5.91 Å². The van der Waals surface area contributed by atoms with E-state index in [9.17, 15) is 18.0 Å². The molecule has 2 unspecified atom stereocenters. The van der Waals surface area contributed by atoms with Gasteiger partial charge in [-0.2, -0.15) is 0 Å². The highest BCUT2D eigenvalue weighted by molar-refractivity contribution is 5.83. The van der Waals surface area contributed by atoms with Gasteiger partial charge in [-0.1, -0.05) is 12.1 Å². The van der Waals surface area contributed by atoms with Crippen LogP contribution in [0.2, 0.25) is 0 Å². The van der Waals surface area contributed by atoms with Crippen LogP contribution < -0.4 is 10.1 Å². The minimum Gasteiger partial charge on any atom is -0.406 e. The Morgan fingerprint density at radius 1 is 1.15 bits per heavy atom. The molecule has 0 bridgehead atoms. The number of alkyl halides is 3. The summed E-state index contributed by atoms with van der Waals surface area (Å²) in [7, 11) is 0. The predicted octanol–water partition coefficient (Wildman–Crippen LogP) is 3.13. The first kappa shape index (κ1) is 18.6. The number of carbonyl (C=O) groups excluding carboxylic acids is 1. The molecule has 2 heterocycles. The molecular formula is C19H22F3NO4. The zero-order chi connectivity index (χ0) is 19.1. The molecule has 1 aromatic carbocycles. The average molecular weight is 385 g/mol. The zero-order valence-electron chi connectivity index (χ0n) is 14.8. The normalized spacial score (nSPS) is 29.5. The molecule has 148 valence electrons. The van der Waals surface area contributed by atoms with Crippen molar-refractivity contribution in [1.82, 2.24) is 5.32 Å². The maximum atomic E-state index is 12.9. The van der Waals surface area contributed by atoms with Crippen molar-refractivity contribution in [2.45, 2.75) is 37.6 Å². The highest BCUT2D eigenvalue weighted by atomic mass is 19.4. The van der Waals surface area contributed by atoms with Crippen molar-refractivity contribution >= 4 is 5.91 Å². The molecule has 2 aliphatic heterocycles. The van der Waals surface area contributed by atoms with Crippen LogP contribution in [0.1, 0.15) is 31.2 Å². The minimum atomic E-state index is -4.76. The summed E-state index contributed by atoms with van der Waals surface area (Å²) in [5.74, 6) is -0.425. The maximum absolute atomic E-state index is 12.9. The molecule has 27 heavy (non-hydrogen) atoms. The van der Waals surface area contributed by atoms with Gasteiger partial charge in [0.1, 0.15) is 5.75 Å². The molecule has 3 aliphatic rings. The van der Waals surface area contributed by atoms with Crippen LogP contribution in [0.4, 0.5) is 13.2 Å². The first-order valence-corrected chi connectivity index (χ1v) is 9.16. The summed E-state index contributed by atoms with van der Waals surface area (Å²) >= 11 is 0. The number of carbonyl (C=O) groups is 1. The number of nitrogens with one attached hydrogen (secondary N) is 1. The summed E-state index contributed by atoms with van der Waals surface area (Å²) in [6, 6.07) is 5.87. The molecular weight excluding hydrogens is 363 g/mol. The van der Waals surface area contributed by atoms with E-state index in [1.54, 1.807) is 6.07 Å². The summed E-state index contributed by atoms with van der Waals surface area (Å²) in [6.45, 7) is 2.16. The fraction of sp³-hybridized carbons (Fsp3) is 0.632. The molecule has 5 nitrogen and oxygen atoms in total. The van der Waals surface area contributed by atoms with E-state index in [0.29, 0.717) is 44.8 Å². The Morgan fingerprint density at radius 2 is 1.89 bits per heavy atom. The Kier molecular flexibility index (Phi) is 4.58. The van der Waals surface area contributed by atoms with E-state index in [-0.39, 0.29) is 23.0 Å². The average Bonchev–Trinajstić information content (AvgIpc) is 3.12. The van der Waals surface area contributed by atoms with Gasteiger partial charge >= 0.3 is 6.36 Å². The van der Waals surface area contributed by atoms with Crippen LogP contribution in [0.5, 0.6) is 5.75 Å². The molecule has 1 N–H and O–H groups in total. The summed E-state index contributed by atoms with van der Waals surface area (Å²) in [6.07, 6.45) is -2.05. The highest BCUT2D eigenvalue weighted by Gasteiger charge is 2.60. The second kappa shape index (κ2) is 6.67. The van der Waals surface area contributed by atoms with E-state index >= 15 is 0 Å². The molecule has 3 fully saturated rings. The van der Waals surface area contributed by atoms with E-state index in [0.717, 1.165) is 12.8 Å². The zero-order valence-corrected chi connectivity index (χ0v) is 14.8. The second-order valence-electron chi connectivity index (χ2n) is 7.68. The number of hydrogen-bond donors (Lipinski definition) is 1. The van der Waals surface area contributed by atoms with E-state index in [4.69, 9.17) is 9.47 Å². The van der Waals surface area contributed by atoms with Gasteiger partial charge in [-0.25, -0.2) is 0 Å². The highest BCUT2D eigenvalue weighted by Crippen LogP contribution is 2.58. The van der Waals surface area contributed by atoms with Crippen LogP contribution in [0.3, 0.4) is 0 Å². The van der Waals surface area contributed by atoms with E-state index in [1.165, 1.54) is 18.2 Å². The van der Waals surface area contributed by atoms with Crippen LogP contribution in [0, 0.1) is 11.3 Å². The second-order valence-corrected chi connectivity index (χ2v) is 7.68. The Bertz CT molecular complexity index is 709. The lowest BCUT2D eigenvalue weighted by atomic mass is 9.82. The van der Waals surface area contributed by atoms with Gasteiger partial charge in [0.15, 0.2) is 0 Å². The topological polar surface area (TPSA) is 56.8 Å². The van der Waals surface area contributed by atoms with Crippen LogP contribution in [0.25, 0.3) is 0 Å². The molecule has 4 rings (SSSR count). The molecule has 1 aliphatic carbocycles. The lowest BCUT2D eigenvalue weighted by Crippen LogP contribution is -2.50. The number of rotatable bonds is 4. The molecule has 2 atom stereocenters. The van der Waals surface area contributed by atoms with Gasteiger partial charge in [-0.3, -0.25) is 4.79 Å². The number of ether oxygens (including phenoxy) is 3. The molecule has 8 heteroatoms. The molecule has 2 saturated heterocycles. The van der Waals surface area contributed by atoms with Gasteiger partial charge in [-0.15, -0.1) is 13.2 Å². The predicted molar refractivity (Wildman–Crippen MR) is 89.0 cm³/mol. The van der Waals surface area contributed by atoms with Crippen molar-refractivity contribution in [3.8, 4) is 5.75 Å². The summed E-state index contributed by atoms with van der Waals surface area (Å²) in [5.41, 5.74) is -0.181. The fourth-order valence-electron chi connectivity index (χ4n) is 4.30. The SMILES string of the molecule is O=C(NC1(c2cccc(OC(F)(F)F)c2)CCOCC1)C1CC12CCOC2. The minimum absolute atomic E-state index is 0.0440. The molecule has 0 radical (unpaired) electrons. The van der Waals surface area contributed by atoms with Gasteiger partial charge in [-0.05, 0) is 43.4 Å². The van der Waals surface area contributed by atoms with Crippen LogP contribution in [-0.4, -0.2) is 38.7 Å². The monoisotopic (exact) mass is 385 g/mol. The standard InChI is InChI=1S/C19H22F3NO4/c20-19(21,22)27-14-3-1-2-13(10-14)18(5-8-25-9-6-18)23-16(24)15-11-17(15)4-7-26-12-17/h1-3,10,15H,4-9,11-12H2,(H,23,24). The van der Waals surface area contributed by atoms with Crippen LogP contribution >= 0.6 is 0 Å². The van der Waals surface area contributed by atoms with Gasteiger partial charge in [0.05, 0.1) is 12.1 Å². The molecule has 1 amide bonds. The molecule has 1 aromatic rings. The third-order valence-corrected chi connectivity index (χ3v) is 5.97. The third-order valence-electron chi connectivity index (χ3n) is 5.97. The fourth-order valence-corrected chi connectivity index (χ4v) is 4.30. The number of halogens is 3. The van der Waals surface area contributed by atoms with E-state index in [2.05, 4.69) is 10.1 Å². The largest absolute Gasteiger partial charge is 0.573 e. The van der Waals surface area contributed by atoms with Crippen LogP contribution in [0.15, 0.2) is 24.3 Å². The first-order valence-electron chi connectivity index (χ1n) is 9.16. The summed E-state index contributed by atoms with van der Waals surface area (Å²) < 4.78 is 52.7. The molecule has 1 spiro atoms. The Hall–Kier alpha value is -1.80. The van der Waals surface area contributed by atoms with E-state index < -0.39 is 11.9 Å². The van der Waals surface area contributed by atoms with Crippen molar-refractivity contribution in [3.63, 3.8) is 0 Å². The van der Waals surface area contributed by atoms with Crippen molar-refractivity contribution in [1.29, 1.82) is 0 Å². The van der Waals surface area contributed by atoms with Crippen LogP contribution in [-0.2, 0) is 19.8 Å². The Labute approximate surface area is 155 Å². The maximum Gasteiger partial charge on any atom is 0.573 e. The van der Waals surface area contributed by atoms with E-state index in [1.807, 2.05) is 0 Å².